The molecule has 0 atom stereocenters. The van der Waals surface area contributed by atoms with Gasteiger partial charge in [-0.15, -0.1) is 0 Å². The second kappa shape index (κ2) is 6.16. The van der Waals surface area contributed by atoms with Crippen molar-refractivity contribution in [2.24, 2.45) is 5.73 Å². The summed E-state index contributed by atoms with van der Waals surface area (Å²) in [5, 5.41) is 1.49. The first-order valence-electron chi connectivity index (χ1n) is 4.93. The summed E-state index contributed by atoms with van der Waals surface area (Å²) in [5.41, 5.74) is 7.77. The summed E-state index contributed by atoms with van der Waals surface area (Å²) in [6.07, 6.45) is 3.88. The Balaban J connectivity index is 2.75. The summed E-state index contributed by atoms with van der Waals surface area (Å²) >= 11 is 12.0. The van der Waals surface area contributed by atoms with Gasteiger partial charge >= 0.3 is 0 Å². The minimum atomic E-state index is 0.681. The molecule has 0 unspecified atom stereocenters. The summed E-state index contributed by atoms with van der Waals surface area (Å²) in [6, 6.07) is 5.53. The van der Waals surface area contributed by atoms with E-state index in [0.29, 0.717) is 6.54 Å². The van der Waals surface area contributed by atoms with Gasteiger partial charge < -0.3 is 5.73 Å². The topological polar surface area (TPSA) is 26.0 Å². The molecule has 1 nitrogen and oxygen atoms in total. The summed E-state index contributed by atoms with van der Waals surface area (Å²) in [4.78, 5) is 0. The molecule has 15 heavy (non-hydrogen) atoms. The summed E-state index contributed by atoms with van der Waals surface area (Å²) in [7, 11) is 0. The molecule has 0 aromatic heterocycles. The van der Waals surface area contributed by atoms with E-state index in [1.807, 2.05) is 12.1 Å². The van der Waals surface area contributed by atoms with E-state index in [1.54, 1.807) is 6.07 Å². The third-order valence-corrected chi connectivity index (χ3v) is 2.74. The highest BCUT2D eigenvalue weighted by Crippen LogP contribution is 2.23. The lowest BCUT2D eigenvalue weighted by molar-refractivity contribution is 0.981. The first-order chi connectivity index (χ1) is 7.13. The standard InChI is InChI=1S/C12H15Cl2N/c1-9(3-2-6-15)7-10-8-11(13)4-5-12(10)14/h3-5,8H,2,6-7,15H2,1H3. The molecule has 1 aromatic carbocycles. The largest absolute Gasteiger partial charge is 0.330 e. The van der Waals surface area contributed by atoms with Crippen LogP contribution >= 0.6 is 23.2 Å². The van der Waals surface area contributed by atoms with E-state index in [1.165, 1.54) is 5.57 Å². The molecule has 0 heterocycles. The van der Waals surface area contributed by atoms with Crippen LogP contribution in [0.25, 0.3) is 0 Å². The minimum absolute atomic E-state index is 0.681. The second-order valence-corrected chi connectivity index (χ2v) is 4.38. The number of hydrogen-bond donors (Lipinski definition) is 1. The van der Waals surface area contributed by atoms with Gasteiger partial charge in [0.1, 0.15) is 0 Å². The Labute approximate surface area is 101 Å². The zero-order chi connectivity index (χ0) is 11.3. The number of rotatable bonds is 4. The van der Waals surface area contributed by atoms with Crippen molar-refractivity contribution < 1.29 is 0 Å². The molecule has 1 rings (SSSR count). The van der Waals surface area contributed by atoms with Crippen molar-refractivity contribution >= 4 is 23.2 Å². The van der Waals surface area contributed by atoms with Gasteiger partial charge in [0.2, 0.25) is 0 Å². The van der Waals surface area contributed by atoms with Crippen LogP contribution in [0.3, 0.4) is 0 Å². The predicted molar refractivity (Wildman–Crippen MR) is 67.6 cm³/mol. The monoisotopic (exact) mass is 243 g/mol. The lowest BCUT2D eigenvalue weighted by atomic mass is 10.1. The van der Waals surface area contributed by atoms with Crippen molar-refractivity contribution in [3.63, 3.8) is 0 Å². The predicted octanol–water partition coefficient (Wildman–Crippen LogP) is 3.83. The third kappa shape index (κ3) is 4.25. The highest BCUT2D eigenvalue weighted by atomic mass is 35.5. The van der Waals surface area contributed by atoms with Crippen LogP contribution in [0.5, 0.6) is 0 Å². The molecular weight excluding hydrogens is 229 g/mol. The maximum atomic E-state index is 6.06. The van der Waals surface area contributed by atoms with Crippen molar-refractivity contribution in [3.05, 3.63) is 45.5 Å². The Morgan fingerprint density at radius 1 is 1.40 bits per heavy atom. The fourth-order valence-corrected chi connectivity index (χ4v) is 1.76. The normalized spacial score (nSPS) is 11.9. The number of allylic oxidation sites excluding steroid dienone is 1. The maximum absolute atomic E-state index is 6.06. The molecule has 0 aliphatic heterocycles. The van der Waals surface area contributed by atoms with Gasteiger partial charge in [-0.05, 0) is 50.1 Å². The lowest BCUT2D eigenvalue weighted by Crippen LogP contribution is -1.97. The summed E-state index contributed by atoms with van der Waals surface area (Å²) < 4.78 is 0. The van der Waals surface area contributed by atoms with Crippen LogP contribution in [0, 0.1) is 0 Å². The van der Waals surface area contributed by atoms with Crippen molar-refractivity contribution in [1.29, 1.82) is 0 Å². The molecule has 0 aliphatic rings. The van der Waals surface area contributed by atoms with Gasteiger partial charge in [-0.2, -0.15) is 0 Å². The molecule has 0 bridgehead atoms. The summed E-state index contributed by atoms with van der Waals surface area (Å²) in [5.74, 6) is 0. The fourth-order valence-electron chi connectivity index (χ4n) is 1.38. The van der Waals surface area contributed by atoms with E-state index >= 15 is 0 Å². The van der Waals surface area contributed by atoms with Gasteiger partial charge in [0.25, 0.3) is 0 Å². The molecular formula is C12H15Cl2N. The van der Waals surface area contributed by atoms with Crippen molar-refractivity contribution in [2.45, 2.75) is 19.8 Å². The quantitative estimate of drug-likeness (QED) is 0.800. The first-order valence-corrected chi connectivity index (χ1v) is 5.68. The SMILES string of the molecule is CC(=CCCN)Cc1cc(Cl)ccc1Cl. The van der Waals surface area contributed by atoms with Gasteiger partial charge in [0.05, 0.1) is 0 Å². The Bertz CT molecular complexity index is 359. The number of halogens is 2. The second-order valence-electron chi connectivity index (χ2n) is 3.54. The molecule has 2 N–H and O–H groups in total. The van der Waals surface area contributed by atoms with Crippen LogP contribution in [0.1, 0.15) is 18.9 Å². The molecule has 82 valence electrons. The van der Waals surface area contributed by atoms with Gasteiger partial charge in [-0.1, -0.05) is 34.9 Å². The van der Waals surface area contributed by atoms with Crippen molar-refractivity contribution in [1.82, 2.24) is 0 Å². The Hall–Kier alpha value is -0.500. The van der Waals surface area contributed by atoms with Crippen LogP contribution < -0.4 is 5.73 Å². The van der Waals surface area contributed by atoms with E-state index in [4.69, 9.17) is 28.9 Å². The lowest BCUT2D eigenvalue weighted by Gasteiger charge is -2.05. The average Bonchev–Trinajstić information content (AvgIpc) is 2.20. The molecule has 0 radical (unpaired) electrons. The molecule has 0 amide bonds. The molecule has 0 fully saturated rings. The van der Waals surface area contributed by atoms with Crippen LogP contribution in [0.4, 0.5) is 0 Å². The maximum Gasteiger partial charge on any atom is 0.0442 e. The molecule has 0 saturated carbocycles. The minimum Gasteiger partial charge on any atom is -0.330 e. The Morgan fingerprint density at radius 2 is 2.13 bits per heavy atom. The van der Waals surface area contributed by atoms with Crippen LogP contribution in [0.2, 0.25) is 10.0 Å². The van der Waals surface area contributed by atoms with Crippen LogP contribution in [-0.2, 0) is 6.42 Å². The average molecular weight is 244 g/mol. The number of hydrogen-bond acceptors (Lipinski definition) is 1. The van der Waals surface area contributed by atoms with E-state index in [2.05, 4.69) is 13.0 Å². The number of nitrogens with two attached hydrogens (primary N) is 1. The van der Waals surface area contributed by atoms with Gasteiger partial charge in [0, 0.05) is 10.0 Å². The highest BCUT2D eigenvalue weighted by Gasteiger charge is 2.01. The van der Waals surface area contributed by atoms with Gasteiger partial charge in [-0.25, -0.2) is 0 Å². The zero-order valence-corrected chi connectivity index (χ0v) is 10.3. The smallest absolute Gasteiger partial charge is 0.0442 e. The first kappa shape index (κ1) is 12.6. The summed E-state index contributed by atoms with van der Waals surface area (Å²) in [6.45, 7) is 2.76. The van der Waals surface area contributed by atoms with E-state index in [0.717, 1.165) is 28.5 Å². The highest BCUT2D eigenvalue weighted by molar-refractivity contribution is 6.33. The Morgan fingerprint density at radius 3 is 2.80 bits per heavy atom. The molecule has 0 spiro atoms. The fraction of sp³-hybridized carbons (Fsp3) is 0.333. The van der Waals surface area contributed by atoms with Crippen LogP contribution in [0.15, 0.2) is 29.8 Å². The van der Waals surface area contributed by atoms with Crippen LogP contribution in [-0.4, -0.2) is 6.54 Å². The van der Waals surface area contributed by atoms with E-state index < -0.39 is 0 Å². The molecule has 1 aromatic rings. The zero-order valence-electron chi connectivity index (χ0n) is 8.76. The van der Waals surface area contributed by atoms with Crippen molar-refractivity contribution in [2.75, 3.05) is 6.54 Å². The number of benzene rings is 1. The molecule has 3 heteroatoms. The van der Waals surface area contributed by atoms with E-state index in [9.17, 15) is 0 Å². The molecule has 0 aliphatic carbocycles. The third-order valence-electron chi connectivity index (χ3n) is 2.14. The van der Waals surface area contributed by atoms with Gasteiger partial charge in [-0.3, -0.25) is 0 Å². The molecule has 0 saturated heterocycles. The van der Waals surface area contributed by atoms with Crippen molar-refractivity contribution in [3.8, 4) is 0 Å². The van der Waals surface area contributed by atoms with Gasteiger partial charge in [0.15, 0.2) is 0 Å². The Kier molecular flexibility index (Phi) is 5.16. The van der Waals surface area contributed by atoms with E-state index in [-0.39, 0.29) is 0 Å².